The van der Waals surface area contributed by atoms with E-state index < -0.39 is 23.5 Å². The minimum atomic E-state index is -0.889. The molecule has 1 heterocycles. The number of halogens is 1. The fraction of sp³-hybridized carbons (Fsp3) is 0.111. The molecule has 5 nitrogen and oxygen atoms in total. The van der Waals surface area contributed by atoms with E-state index in [1.54, 1.807) is 56.3 Å². The average Bonchev–Trinajstić information content (AvgIpc) is 2.80. The number of nitrogens with one attached hydrogen (secondary N) is 3. The van der Waals surface area contributed by atoms with Crippen molar-refractivity contribution in [2.75, 3.05) is 10.6 Å². The van der Waals surface area contributed by atoms with Crippen molar-refractivity contribution in [2.24, 2.45) is 0 Å². The highest BCUT2D eigenvalue weighted by atomic mass is 19.1. The molecule has 3 aromatic carbocycles. The van der Waals surface area contributed by atoms with Gasteiger partial charge in [-0.15, -0.1) is 0 Å². The van der Waals surface area contributed by atoms with Crippen molar-refractivity contribution in [3.8, 4) is 0 Å². The summed E-state index contributed by atoms with van der Waals surface area (Å²) >= 11 is 0. The molecular weight excluding hydrogens is 417 g/mol. The molecule has 3 N–H and O–H groups in total. The van der Waals surface area contributed by atoms with Crippen molar-refractivity contribution < 1.29 is 14.0 Å². The summed E-state index contributed by atoms with van der Waals surface area (Å²) < 4.78 is 15.0. The Labute approximate surface area is 192 Å². The molecule has 0 aliphatic carbocycles. The first-order valence-corrected chi connectivity index (χ1v) is 10.6. The van der Waals surface area contributed by atoms with Gasteiger partial charge in [-0.05, 0) is 44.2 Å². The van der Waals surface area contributed by atoms with Crippen LogP contribution in [0, 0.1) is 5.82 Å². The number of para-hydroxylation sites is 2. The van der Waals surface area contributed by atoms with E-state index in [0.717, 1.165) is 0 Å². The van der Waals surface area contributed by atoms with Gasteiger partial charge in [-0.3, -0.25) is 9.59 Å². The maximum atomic E-state index is 15.0. The number of carbonyl (C=O) groups excluding carboxylic acids is 2. The quantitative estimate of drug-likeness (QED) is 0.501. The van der Waals surface area contributed by atoms with Crippen LogP contribution in [-0.2, 0) is 9.59 Å². The molecule has 1 aliphatic heterocycles. The summed E-state index contributed by atoms with van der Waals surface area (Å²) in [5, 5.41) is 8.89. The van der Waals surface area contributed by atoms with E-state index >= 15 is 4.39 Å². The molecule has 1 aliphatic rings. The van der Waals surface area contributed by atoms with E-state index in [-0.39, 0.29) is 16.7 Å². The van der Waals surface area contributed by atoms with Gasteiger partial charge in [0, 0.05) is 39.5 Å². The predicted molar refractivity (Wildman–Crippen MR) is 128 cm³/mol. The van der Waals surface area contributed by atoms with E-state index in [9.17, 15) is 9.59 Å². The highest BCUT2D eigenvalue weighted by Gasteiger charge is 2.37. The normalized spacial score (nSPS) is 14.0. The van der Waals surface area contributed by atoms with Gasteiger partial charge in [-0.2, -0.15) is 0 Å². The number of carbonyl (C=O) groups is 2. The van der Waals surface area contributed by atoms with E-state index in [1.807, 2.05) is 36.4 Å². The van der Waals surface area contributed by atoms with Crippen LogP contribution in [0.2, 0.25) is 0 Å². The van der Waals surface area contributed by atoms with Crippen LogP contribution in [0.5, 0.6) is 0 Å². The first-order chi connectivity index (χ1) is 16.0. The summed E-state index contributed by atoms with van der Waals surface area (Å²) in [6.45, 7) is 3.51. The molecule has 0 saturated carbocycles. The smallest absolute Gasteiger partial charge is 0.254 e. The average molecular weight is 442 g/mol. The third kappa shape index (κ3) is 4.70. The molecule has 0 atom stereocenters. The van der Waals surface area contributed by atoms with Crippen LogP contribution in [-0.4, -0.2) is 11.8 Å². The molecule has 33 heavy (non-hydrogen) atoms. The summed E-state index contributed by atoms with van der Waals surface area (Å²) in [5.74, 6) is -2.19. The minimum Gasteiger partial charge on any atom is -0.362 e. The first-order valence-electron chi connectivity index (χ1n) is 10.6. The van der Waals surface area contributed by atoms with Gasteiger partial charge in [0.1, 0.15) is 5.82 Å². The Balaban J connectivity index is 1.78. The molecular formula is C27H24FN3O2. The summed E-state index contributed by atoms with van der Waals surface area (Å²) in [6.07, 6.45) is 0. The highest BCUT2D eigenvalue weighted by Crippen LogP contribution is 2.40. The summed E-state index contributed by atoms with van der Waals surface area (Å²) in [5.41, 5.74) is 3.17. The number of hydrogen-bond acceptors (Lipinski definition) is 3. The van der Waals surface area contributed by atoms with Crippen molar-refractivity contribution in [1.29, 1.82) is 0 Å². The molecule has 0 bridgehead atoms. The number of anilines is 2. The van der Waals surface area contributed by atoms with Crippen LogP contribution in [0.4, 0.5) is 15.8 Å². The molecule has 0 saturated heterocycles. The van der Waals surface area contributed by atoms with Crippen molar-refractivity contribution in [3.63, 3.8) is 0 Å². The third-order valence-electron chi connectivity index (χ3n) is 5.53. The van der Waals surface area contributed by atoms with Gasteiger partial charge in [0.15, 0.2) is 0 Å². The van der Waals surface area contributed by atoms with Crippen LogP contribution in [0.1, 0.15) is 25.3 Å². The molecule has 0 spiro atoms. The molecule has 2 amide bonds. The zero-order valence-corrected chi connectivity index (χ0v) is 18.4. The van der Waals surface area contributed by atoms with E-state index in [2.05, 4.69) is 16.0 Å². The maximum Gasteiger partial charge on any atom is 0.254 e. The number of rotatable bonds is 5. The molecule has 0 radical (unpaired) electrons. The van der Waals surface area contributed by atoms with Crippen LogP contribution >= 0.6 is 0 Å². The van der Waals surface area contributed by atoms with Crippen molar-refractivity contribution >= 4 is 23.2 Å². The van der Waals surface area contributed by atoms with Crippen LogP contribution in [0.25, 0.3) is 0 Å². The van der Waals surface area contributed by atoms with Gasteiger partial charge >= 0.3 is 0 Å². The van der Waals surface area contributed by atoms with Gasteiger partial charge < -0.3 is 16.0 Å². The Hall–Kier alpha value is -4.19. The Kier molecular flexibility index (Phi) is 6.36. The zero-order chi connectivity index (χ0) is 23.4. The van der Waals surface area contributed by atoms with Gasteiger partial charge in [-0.1, -0.05) is 54.6 Å². The van der Waals surface area contributed by atoms with Crippen molar-refractivity contribution in [3.05, 3.63) is 119 Å². The van der Waals surface area contributed by atoms with Crippen LogP contribution in [0.3, 0.4) is 0 Å². The zero-order valence-electron chi connectivity index (χ0n) is 18.4. The van der Waals surface area contributed by atoms with Gasteiger partial charge in [-0.25, -0.2) is 4.39 Å². The Morgan fingerprint density at radius 1 is 0.697 bits per heavy atom. The summed E-state index contributed by atoms with van der Waals surface area (Å²) in [7, 11) is 0. The van der Waals surface area contributed by atoms with Crippen molar-refractivity contribution in [1.82, 2.24) is 5.32 Å². The predicted octanol–water partition coefficient (Wildman–Crippen LogP) is 5.34. The lowest BCUT2D eigenvalue weighted by Crippen LogP contribution is -2.35. The van der Waals surface area contributed by atoms with Crippen molar-refractivity contribution in [2.45, 2.75) is 19.8 Å². The highest BCUT2D eigenvalue weighted by molar-refractivity contribution is 6.11. The number of benzene rings is 3. The van der Waals surface area contributed by atoms with Gasteiger partial charge in [0.25, 0.3) is 11.8 Å². The van der Waals surface area contributed by atoms with E-state index in [4.69, 9.17) is 0 Å². The Bertz CT molecular complexity index is 1180. The lowest BCUT2D eigenvalue weighted by Gasteiger charge is -2.31. The maximum absolute atomic E-state index is 15.0. The monoisotopic (exact) mass is 441 g/mol. The topological polar surface area (TPSA) is 70.2 Å². The van der Waals surface area contributed by atoms with Crippen LogP contribution < -0.4 is 16.0 Å². The summed E-state index contributed by atoms with van der Waals surface area (Å²) in [4.78, 5) is 26.8. The molecule has 0 unspecified atom stereocenters. The molecule has 3 aromatic rings. The minimum absolute atomic E-state index is 0.258. The lowest BCUT2D eigenvalue weighted by molar-refractivity contribution is -0.113. The number of hydrogen-bond donors (Lipinski definition) is 3. The van der Waals surface area contributed by atoms with Gasteiger partial charge in [0.2, 0.25) is 0 Å². The largest absolute Gasteiger partial charge is 0.362 e. The molecule has 0 fully saturated rings. The second-order valence-corrected chi connectivity index (χ2v) is 7.80. The fourth-order valence-electron chi connectivity index (χ4n) is 4.06. The Morgan fingerprint density at radius 3 is 1.58 bits per heavy atom. The fourth-order valence-corrected chi connectivity index (χ4v) is 4.06. The molecule has 6 heteroatoms. The number of dihydropyridines is 1. The molecule has 166 valence electrons. The Morgan fingerprint density at radius 2 is 1.12 bits per heavy atom. The van der Waals surface area contributed by atoms with E-state index in [0.29, 0.717) is 22.8 Å². The molecule has 4 rings (SSSR count). The standard InChI is InChI=1S/C27H24FN3O2/c1-17-23(26(32)30-19-11-5-3-6-12-19)25(21-15-9-10-16-22(21)28)24(18(2)29-17)27(33)31-20-13-7-4-8-14-20/h3-16,25,29H,1-2H3,(H,30,32)(H,31,33). The number of amides is 2. The second-order valence-electron chi connectivity index (χ2n) is 7.80. The first kappa shape index (κ1) is 22.0. The van der Waals surface area contributed by atoms with Gasteiger partial charge in [0.05, 0.1) is 5.92 Å². The SMILES string of the molecule is CC1=C(C(=O)Nc2ccccc2)C(c2ccccc2F)C(C(=O)Nc2ccccc2)=C(C)N1. The third-order valence-corrected chi connectivity index (χ3v) is 5.53. The van der Waals surface area contributed by atoms with Crippen LogP contribution in [0.15, 0.2) is 107 Å². The summed E-state index contributed by atoms with van der Waals surface area (Å²) in [6, 6.07) is 24.3. The second kappa shape index (κ2) is 9.53. The van der Waals surface area contributed by atoms with E-state index in [1.165, 1.54) is 6.07 Å². The number of allylic oxidation sites excluding steroid dienone is 2. The molecule has 0 aromatic heterocycles. The lowest BCUT2D eigenvalue weighted by atomic mass is 9.79.